The Labute approximate surface area is 128 Å². The van der Waals surface area contributed by atoms with E-state index >= 15 is 0 Å². The van der Waals surface area contributed by atoms with Crippen LogP contribution >= 0.6 is 0 Å². The number of hydrogen-bond donors (Lipinski definition) is 2. The number of aliphatic hydroxyl groups is 1. The third kappa shape index (κ3) is 3.33. The highest BCUT2D eigenvalue weighted by Crippen LogP contribution is 2.07. The van der Waals surface area contributed by atoms with Crippen LogP contribution in [0, 0.1) is 12.8 Å². The zero-order valence-electron chi connectivity index (χ0n) is 12.9. The maximum atomic E-state index is 12.4. The second kappa shape index (κ2) is 7.17. The first kappa shape index (κ1) is 16.2. The summed E-state index contributed by atoms with van der Waals surface area (Å²) in [6, 6.07) is 3.61. The molecule has 2 heterocycles. The Balaban J connectivity index is 2.22. The molecule has 0 radical (unpaired) electrons. The summed E-state index contributed by atoms with van der Waals surface area (Å²) in [5, 5.41) is 11.7. The van der Waals surface area contributed by atoms with Crippen LogP contribution in [0.1, 0.15) is 35.7 Å². The normalized spacial score (nSPS) is 12.3. The van der Waals surface area contributed by atoms with Gasteiger partial charge in [-0.25, -0.2) is 4.98 Å². The van der Waals surface area contributed by atoms with Crippen molar-refractivity contribution in [3.8, 4) is 0 Å². The smallest absolute Gasteiger partial charge is 0.270 e. The van der Waals surface area contributed by atoms with Crippen molar-refractivity contribution in [1.82, 2.24) is 14.7 Å². The number of fused-ring (bicyclic) bond motifs is 1. The van der Waals surface area contributed by atoms with Gasteiger partial charge in [-0.1, -0.05) is 19.4 Å². The second-order valence-electron chi connectivity index (χ2n) is 5.36. The Bertz CT molecular complexity index is 724. The predicted molar refractivity (Wildman–Crippen MR) is 84.0 cm³/mol. The fourth-order valence-electron chi connectivity index (χ4n) is 2.37. The van der Waals surface area contributed by atoms with Crippen LogP contribution in [0.4, 0.5) is 0 Å². The number of aliphatic hydroxyl groups excluding tert-OH is 1. The minimum Gasteiger partial charge on any atom is -0.396 e. The fraction of sp³-hybridized carbons (Fsp3) is 0.438. The molecule has 2 N–H and O–H groups in total. The van der Waals surface area contributed by atoms with Gasteiger partial charge in [-0.05, 0) is 30.9 Å². The molecular formula is C16H21N3O3. The number of pyridine rings is 1. The molecule has 0 aromatic carbocycles. The van der Waals surface area contributed by atoms with E-state index in [2.05, 4.69) is 10.3 Å². The average molecular weight is 303 g/mol. The average Bonchev–Trinajstić information content (AvgIpc) is 2.52. The van der Waals surface area contributed by atoms with Gasteiger partial charge < -0.3 is 10.4 Å². The lowest BCUT2D eigenvalue weighted by atomic mass is 10.0. The van der Waals surface area contributed by atoms with Gasteiger partial charge >= 0.3 is 0 Å². The van der Waals surface area contributed by atoms with E-state index in [1.807, 2.05) is 19.9 Å². The lowest BCUT2D eigenvalue weighted by Gasteiger charge is -2.14. The molecule has 0 saturated carbocycles. The molecule has 0 spiro atoms. The van der Waals surface area contributed by atoms with Crippen molar-refractivity contribution < 1.29 is 9.90 Å². The SMILES string of the molecule is CCC(CCO)CNC(=O)c1cnc2c(C)cccn2c1=O. The molecule has 0 aliphatic rings. The Hall–Kier alpha value is -2.21. The van der Waals surface area contributed by atoms with Crippen LogP contribution in [-0.4, -0.2) is 33.6 Å². The first-order valence-electron chi connectivity index (χ1n) is 7.44. The van der Waals surface area contributed by atoms with Crippen molar-refractivity contribution in [3.63, 3.8) is 0 Å². The monoisotopic (exact) mass is 303 g/mol. The number of carbonyl (C=O) groups is 1. The van der Waals surface area contributed by atoms with Crippen LogP contribution in [0.2, 0.25) is 0 Å². The van der Waals surface area contributed by atoms with E-state index in [1.165, 1.54) is 10.6 Å². The van der Waals surface area contributed by atoms with E-state index in [9.17, 15) is 9.59 Å². The minimum absolute atomic E-state index is 0.0296. The first-order valence-corrected chi connectivity index (χ1v) is 7.44. The van der Waals surface area contributed by atoms with Crippen molar-refractivity contribution in [2.75, 3.05) is 13.2 Å². The zero-order valence-corrected chi connectivity index (χ0v) is 12.9. The largest absolute Gasteiger partial charge is 0.396 e. The van der Waals surface area contributed by atoms with Gasteiger partial charge in [0.15, 0.2) is 0 Å². The molecule has 6 heteroatoms. The number of aryl methyl sites for hydroxylation is 1. The van der Waals surface area contributed by atoms with Crippen LogP contribution in [0.25, 0.3) is 5.65 Å². The lowest BCUT2D eigenvalue weighted by Crippen LogP contribution is -2.34. The van der Waals surface area contributed by atoms with E-state index in [1.54, 1.807) is 12.3 Å². The number of carbonyl (C=O) groups excluding carboxylic acids is 1. The van der Waals surface area contributed by atoms with E-state index in [-0.39, 0.29) is 23.6 Å². The summed E-state index contributed by atoms with van der Waals surface area (Å²) in [7, 11) is 0. The maximum Gasteiger partial charge on any atom is 0.270 e. The Morgan fingerprint density at radius 3 is 2.95 bits per heavy atom. The van der Waals surface area contributed by atoms with Gasteiger partial charge in [0.2, 0.25) is 0 Å². The molecular weight excluding hydrogens is 282 g/mol. The van der Waals surface area contributed by atoms with Crippen molar-refractivity contribution in [2.45, 2.75) is 26.7 Å². The van der Waals surface area contributed by atoms with Crippen LogP contribution in [0.15, 0.2) is 29.3 Å². The molecule has 0 aliphatic heterocycles. The summed E-state index contributed by atoms with van der Waals surface area (Å²) in [4.78, 5) is 28.8. The summed E-state index contributed by atoms with van der Waals surface area (Å²) in [5.41, 5.74) is 1.08. The molecule has 1 unspecified atom stereocenters. The summed E-state index contributed by atoms with van der Waals surface area (Å²) in [6.45, 7) is 4.39. The molecule has 1 amide bonds. The molecule has 0 bridgehead atoms. The van der Waals surface area contributed by atoms with Crippen LogP contribution in [0.5, 0.6) is 0 Å². The molecule has 6 nitrogen and oxygen atoms in total. The van der Waals surface area contributed by atoms with Crippen molar-refractivity contribution in [3.05, 3.63) is 46.0 Å². The molecule has 118 valence electrons. The molecule has 2 rings (SSSR count). The van der Waals surface area contributed by atoms with Gasteiger partial charge in [-0.2, -0.15) is 0 Å². The predicted octanol–water partition coefficient (Wildman–Crippen LogP) is 1.14. The number of rotatable bonds is 6. The summed E-state index contributed by atoms with van der Waals surface area (Å²) in [6.07, 6.45) is 4.42. The minimum atomic E-state index is -0.426. The molecule has 0 aliphatic carbocycles. The Morgan fingerprint density at radius 1 is 1.50 bits per heavy atom. The maximum absolute atomic E-state index is 12.4. The standard InChI is InChI=1S/C16H21N3O3/c1-3-12(6-8-20)9-18-15(21)13-10-17-14-11(2)5-4-7-19(14)16(13)22/h4-5,7,10,12,20H,3,6,8-9H2,1-2H3,(H,18,21). The van der Waals surface area contributed by atoms with Crippen LogP contribution < -0.4 is 10.9 Å². The highest BCUT2D eigenvalue weighted by molar-refractivity contribution is 5.93. The summed E-state index contributed by atoms with van der Waals surface area (Å²) < 4.78 is 1.38. The molecule has 2 aromatic heterocycles. The quantitative estimate of drug-likeness (QED) is 0.838. The number of nitrogens with one attached hydrogen (secondary N) is 1. The van der Waals surface area contributed by atoms with Crippen molar-refractivity contribution in [1.29, 1.82) is 0 Å². The van der Waals surface area contributed by atoms with Gasteiger partial charge in [0, 0.05) is 25.5 Å². The van der Waals surface area contributed by atoms with E-state index in [4.69, 9.17) is 5.11 Å². The number of nitrogens with zero attached hydrogens (tertiary/aromatic N) is 2. The third-order valence-electron chi connectivity index (χ3n) is 3.84. The van der Waals surface area contributed by atoms with E-state index in [0.717, 1.165) is 12.0 Å². The Morgan fingerprint density at radius 2 is 2.27 bits per heavy atom. The van der Waals surface area contributed by atoms with Crippen molar-refractivity contribution in [2.24, 2.45) is 5.92 Å². The third-order valence-corrected chi connectivity index (χ3v) is 3.84. The van der Waals surface area contributed by atoms with Gasteiger partial charge in [-0.15, -0.1) is 0 Å². The zero-order chi connectivity index (χ0) is 16.1. The van der Waals surface area contributed by atoms with Crippen LogP contribution in [-0.2, 0) is 0 Å². The molecule has 0 fully saturated rings. The van der Waals surface area contributed by atoms with Gasteiger partial charge in [0.1, 0.15) is 11.2 Å². The molecule has 22 heavy (non-hydrogen) atoms. The van der Waals surface area contributed by atoms with Crippen molar-refractivity contribution >= 4 is 11.6 Å². The van der Waals surface area contributed by atoms with Gasteiger partial charge in [-0.3, -0.25) is 14.0 Å². The van der Waals surface area contributed by atoms with Crippen LogP contribution in [0.3, 0.4) is 0 Å². The van der Waals surface area contributed by atoms with Gasteiger partial charge in [0.05, 0.1) is 0 Å². The highest BCUT2D eigenvalue weighted by atomic mass is 16.3. The lowest BCUT2D eigenvalue weighted by molar-refractivity contribution is 0.0941. The molecule has 0 saturated heterocycles. The Kier molecular flexibility index (Phi) is 5.27. The molecule has 2 aromatic rings. The number of aromatic nitrogens is 2. The van der Waals surface area contributed by atoms with Gasteiger partial charge in [0.25, 0.3) is 11.5 Å². The first-order chi connectivity index (χ1) is 10.6. The highest BCUT2D eigenvalue weighted by Gasteiger charge is 2.15. The molecule has 1 atom stereocenters. The number of amides is 1. The topological polar surface area (TPSA) is 83.7 Å². The second-order valence-corrected chi connectivity index (χ2v) is 5.36. The van der Waals surface area contributed by atoms with E-state index < -0.39 is 5.91 Å². The fourth-order valence-corrected chi connectivity index (χ4v) is 2.37. The van der Waals surface area contributed by atoms with E-state index in [0.29, 0.717) is 18.6 Å². The summed E-state index contributed by atoms with van der Waals surface area (Å²) in [5.74, 6) is -0.225. The summed E-state index contributed by atoms with van der Waals surface area (Å²) >= 11 is 0. The number of hydrogen-bond acceptors (Lipinski definition) is 4.